The first-order chi connectivity index (χ1) is 24.8. The highest BCUT2D eigenvalue weighted by molar-refractivity contribution is 7.13. The Kier molecular flexibility index (Phi) is 9.83. The number of hydrogen-bond acceptors (Lipinski definition) is 10. The minimum atomic E-state index is -0.578. The number of nitrogens with one attached hydrogen (secondary N) is 3. The van der Waals surface area contributed by atoms with E-state index in [-0.39, 0.29) is 67.9 Å². The Morgan fingerprint density at radius 1 is 1.00 bits per heavy atom. The highest BCUT2D eigenvalue weighted by Gasteiger charge is 2.38. The van der Waals surface area contributed by atoms with Crippen molar-refractivity contribution in [3.8, 4) is 22.1 Å². The molecule has 2 atom stereocenters. The zero-order valence-corrected chi connectivity index (χ0v) is 28.5. The first-order valence-electron chi connectivity index (χ1n) is 16.5. The van der Waals surface area contributed by atoms with Crippen molar-refractivity contribution in [2.75, 3.05) is 19.7 Å². The number of carbonyl (C=O) groups excluding carboxylic acids is 4. The Labute approximate surface area is 296 Å². The largest absolute Gasteiger partial charge is 0.486 e. The van der Waals surface area contributed by atoms with Gasteiger partial charge >= 0.3 is 0 Å². The van der Waals surface area contributed by atoms with Crippen LogP contribution in [-0.4, -0.2) is 65.5 Å². The van der Waals surface area contributed by atoms with Crippen LogP contribution in [-0.2, 0) is 29.1 Å². The Balaban J connectivity index is 1.10. The molecule has 0 radical (unpaired) electrons. The van der Waals surface area contributed by atoms with Crippen LogP contribution in [0.2, 0.25) is 0 Å². The molecule has 14 heteroatoms. The van der Waals surface area contributed by atoms with Gasteiger partial charge in [-0.2, -0.15) is 0 Å². The molecule has 5 aromatic rings. The fourth-order valence-corrected chi connectivity index (χ4v) is 6.60. The van der Waals surface area contributed by atoms with Gasteiger partial charge in [0.1, 0.15) is 29.1 Å². The normalized spacial score (nSPS) is 17.5. The monoisotopic (exact) mass is 709 g/mol. The minimum absolute atomic E-state index is 0.0785. The van der Waals surface area contributed by atoms with E-state index in [1.807, 2.05) is 41.8 Å². The minimum Gasteiger partial charge on any atom is -0.486 e. The van der Waals surface area contributed by atoms with Crippen molar-refractivity contribution in [1.82, 2.24) is 26.0 Å². The van der Waals surface area contributed by atoms with E-state index in [9.17, 15) is 19.2 Å². The molecule has 13 nitrogen and oxygen atoms in total. The number of carbonyl (C=O) groups is 4. The molecule has 3 aliphatic heterocycles. The van der Waals surface area contributed by atoms with E-state index in [1.165, 1.54) is 18.2 Å². The van der Waals surface area contributed by atoms with Crippen LogP contribution in [0, 0.1) is 6.92 Å². The summed E-state index contributed by atoms with van der Waals surface area (Å²) in [6.07, 6.45) is 0.0757. The quantitative estimate of drug-likeness (QED) is 0.224. The lowest BCUT2D eigenvalue weighted by atomic mass is 10.1. The van der Waals surface area contributed by atoms with Crippen molar-refractivity contribution in [3.63, 3.8) is 0 Å². The van der Waals surface area contributed by atoms with Crippen molar-refractivity contribution >= 4 is 35.0 Å². The van der Waals surface area contributed by atoms with Gasteiger partial charge in [0.25, 0.3) is 17.7 Å². The Morgan fingerprint density at radius 3 is 2.65 bits per heavy atom. The number of likely N-dealkylation sites (tertiary alicyclic amines) is 1. The Morgan fingerprint density at radius 2 is 1.86 bits per heavy atom. The van der Waals surface area contributed by atoms with Crippen LogP contribution in [0.3, 0.4) is 0 Å². The second-order valence-corrected chi connectivity index (χ2v) is 13.3. The second-order valence-electron chi connectivity index (χ2n) is 12.4. The molecule has 4 amide bonds. The lowest BCUT2D eigenvalue weighted by Gasteiger charge is -2.21. The fraction of sp³-hybridized carbons (Fsp3) is 0.270. The standard InChI is InChI=1S/C37H35N5O8S/c1-22-13-29(50-41-22)18-39-36(45)24-14-25-16-28(15-24)47-21-34(43)38-17-23-4-6-26(7-5-23)49-32-20-42(19-30(32)40-37(25)46)35(44)11-9-27-8-10-31(48-27)33-3-2-12-51-33/h2-8,10,12-16,30,32H,9,11,17-21H2,1H3,(H,38,43)(H,39,45)(H,40,46)/t30-,32-/m0/s1. The SMILES string of the molecule is Cc1cc(CNC(=O)c2cc3cc(c2)C(=O)N[C@H]2CN(C(=O)CCc4ccc(-c5cccs5)o4)C[C@@H]2Oc2ccc(cc2)CNC(=O)CO3)on1. The van der Waals surface area contributed by atoms with Gasteiger partial charge in [0, 0.05) is 43.1 Å². The second kappa shape index (κ2) is 14.9. The van der Waals surface area contributed by atoms with Crippen LogP contribution in [0.15, 0.2) is 87.1 Å². The fourth-order valence-electron chi connectivity index (χ4n) is 5.91. The Bertz CT molecular complexity index is 2040. The molecular weight excluding hydrogens is 675 g/mol. The number of furan rings is 1. The summed E-state index contributed by atoms with van der Waals surface area (Å²) in [5.41, 5.74) is 1.79. The van der Waals surface area contributed by atoms with Gasteiger partial charge in [0.15, 0.2) is 12.4 Å². The maximum atomic E-state index is 13.8. The predicted octanol–water partition coefficient (Wildman–Crippen LogP) is 4.26. The highest BCUT2D eigenvalue weighted by atomic mass is 32.1. The van der Waals surface area contributed by atoms with Gasteiger partial charge in [-0.1, -0.05) is 23.4 Å². The number of thiophene rings is 1. The number of amides is 4. The van der Waals surface area contributed by atoms with Gasteiger partial charge in [-0.3, -0.25) is 19.2 Å². The van der Waals surface area contributed by atoms with Crippen LogP contribution < -0.4 is 25.4 Å². The average Bonchev–Trinajstić information content (AvgIpc) is 3.97. The first kappa shape index (κ1) is 33.6. The summed E-state index contributed by atoms with van der Waals surface area (Å²) in [5, 5.41) is 14.4. The number of aryl methyl sites for hydroxylation is 2. The summed E-state index contributed by atoms with van der Waals surface area (Å²) in [5.74, 6) is 1.18. The van der Waals surface area contributed by atoms with Crippen molar-refractivity contribution in [2.45, 2.75) is 45.0 Å². The number of nitrogens with zero attached hydrogens (tertiary/aromatic N) is 2. The molecule has 3 aromatic heterocycles. The van der Waals surface area contributed by atoms with Gasteiger partial charge in [0.05, 0.1) is 29.7 Å². The van der Waals surface area contributed by atoms with E-state index in [0.29, 0.717) is 29.4 Å². The molecule has 262 valence electrons. The zero-order chi connectivity index (χ0) is 35.3. The lowest BCUT2D eigenvalue weighted by Crippen LogP contribution is -2.45. The van der Waals surface area contributed by atoms with E-state index in [2.05, 4.69) is 21.1 Å². The van der Waals surface area contributed by atoms with Crippen LogP contribution >= 0.6 is 11.3 Å². The topological polar surface area (TPSA) is 165 Å². The third-order valence-electron chi connectivity index (χ3n) is 8.55. The van der Waals surface area contributed by atoms with Gasteiger partial charge in [-0.15, -0.1) is 11.3 Å². The van der Waals surface area contributed by atoms with Crippen LogP contribution in [0.1, 0.15) is 49.9 Å². The predicted molar refractivity (Wildman–Crippen MR) is 185 cm³/mol. The molecule has 0 saturated carbocycles. The van der Waals surface area contributed by atoms with Crippen LogP contribution in [0.5, 0.6) is 11.5 Å². The van der Waals surface area contributed by atoms with E-state index >= 15 is 0 Å². The van der Waals surface area contributed by atoms with Gasteiger partial charge < -0.3 is 39.3 Å². The zero-order valence-electron chi connectivity index (χ0n) is 27.7. The summed E-state index contributed by atoms with van der Waals surface area (Å²) in [6, 6.07) is 20.5. The Hall–Kier alpha value is -5.89. The molecule has 0 unspecified atom stereocenters. The van der Waals surface area contributed by atoms with Crippen molar-refractivity contribution in [3.05, 3.63) is 112 Å². The lowest BCUT2D eigenvalue weighted by molar-refractivity contribution is -0.130. The molecular formula is C37H35N5O8S. The summed E-state index contributed by atoms with van der Waals surface area (Å²) < 4.78 is 23.3. The van der Waals surface area contributed by atoms with Crippen molar-refractivity contribution < 1.29 is 37.6 Å². The van der Waals surface area contributed by atoms with Gasteiger partial charge in [-0.25, -0.2) is 0 Å². The molecule has 2 aromatic carbocycles. The molecule has 3 N–H and O–H groups in total. The smallest absolute Gasteiger partial charge is 0.258 e. The van der Waals surface area contributed by atoms with Gasteiger partial charge in [-0.05, 0) is 66.4 Å². The van der Waals surface area contributed by atoms with Gasteiger partial charge in [0.2, 0.25) is 5.91 Å². The third-order valence-corrected chi connectivity index (χ3v) is 9.43. The number of benzene rings is 2. The van der Waals surface area contributed by atoms with E-state index < -0.39 is 24.0 Å². The molecule has 51 heavy (non-hydrogen) atoms. The van der Waals surface area contributed by atoms with Crippen LogP contribution in [0.4, 0.5) is 0 Å². The first-order valence-corrected chi connectivity index (χ1v) is 17.4. The number of hydrogen-bond donors (Lipinski definition) is 3. The third kappa shape index (κ3) is 8.29. The van der Waals surface area contributed by atoms with Crippen molar-refractivity contribution in [1.29, 1.82) is 0 Å². The molecule has 1 fully saturated rings. The molecule has 0 aliphatic carbocycles. The number of rotatable bonds is 7. The number of ether oxygens (including phenoxy) is 2. The molecule has 8 rings (SSSR count). The van der Waals surface area contributed by atoms with Crippen molar-refractivity contribution in [2.24, 2.45) is 0 Å². The van der Waals surface area contributed by atoms with E-state index in [0.717, 1.165) is 16.2 Å². The molecule has 3 aliphatic rings. The average molecular weight is 710 g/mol. The summed E-state index contributed by atoms with van der Waals surface area (Å²) in [6.45, 7) is 2.24. The molecule has 6 heterocycles. The van der Waals surface area contributed by atoms with E-state index in [1.54, 1.807) is 41.4 Å². The highest BCUT2D eigenvalue weighted by Crippen LogP contribution is 2.28. The summed E-state index contributed by atoms with van der Waals surface area (Å²) in [4.78, 5) is 55.8. The maximum absolute atomic E-state index is 13.8. The molecule has 1 saturated heterocycles. The number of aromatic nitrogens is 1. The molecule has 4 bridgehead atoms. The van der Waals surface area contributed by atoms with E-state index in [4.69, 9.17) is 18.4 Å². The summed E-state index contributed by atoms with van der Waals surface area (Å²) in [7, 11) is 0. The number of fused-ring (bicyclic) bond motifs is 7. The summed E-state index contributed by atoms with van der Waals surface area (Å²) >= 11 is 1.58. The maximum Gasteiger partial charge on any atom is 0.258 e. The van der Waals surface area contributed by atoms with Crippen LogP contribution in [0.25, 0.3) is 10.6 Å². The molecule has 0 spiro atoms.